The molecule has 0 unspecified atom stereocenters. The number of hydrogen-bond donors (Lipinski definition) is 1. The normalized spacial score (nSPS) is 11.0. The smallest absolute Gasteiger partial charge is 0.150 e. The Kier molecular flexibility index (Phi) is 2.84. The van der Waals surface area contributed by atoms with Crippen LogP contribution in [-0.2, 0) is 6.42 Å². The van der Waals surface area contributed by atoms with Crippen molar-refractivity contribution in [3.63, 3.8) is 0 Å². The highest BCUT2D eigenvalue weighted by atomic mass is 32.1. The van der Waals surface area contributed by atoms with E-state index in [0.29, 0.717) is 0 Å². The topological polar surface area (TPSA) is 17.8 Å². The van der Waals surface area contributed by atoms with Gasteiger partial charge in [-0.05, 0) is 29.2 Å². The van der Waals surface area contributed by atoms with Crippen molar-refractivity contribution in [3.05, 3.63) is 54.4 Å². The van der Waals surface area contributed by atoms with E-state index in [9.17, 15) is 0 Å². The summed E-state index contributed by atoms with van der Waals surface area (Å²) in [6.07, 6.45) is 4.87. The Labute approximate surface area is 112 Å². The van der Waals surface area contributed by atoms with Gasteiger partial charge < -0.3 is 0 Å². The second kappa shape index (κ2) is 4.50. The van der Waals surface area contributed by atoms with Crippen LogP contribution in [0, 0.1) is 0 Å². The van der Waals surface area contributed by atoms with Crippen molar-refractivity contribution in [1.82, 2.24) is 8.96 Å². The molecule has 0 aliphatic heterocycles. The molecule has 0 aliphatic carbocycles. The van der Waals surface area contributed by atoms with Gasteiger partial charge in [0.2, 0.25) is 0 Å². The monoisotopic (exact) mass is 254 g/mol. The summed E-state index contributed by atoms with van der Waals surface area (Å²) in [5.41, 5.74) is 4.66. The van der Waals surface area contributed by atoms with Gasteiger partial charge in [0.1, 0.15) is 0 Å². The molecule has 0 radical (unpaired) electrons. The molecule has 3 heteroatoms. The quantitative estimate of drug-likeness (QED) is 0.685. The second-order valence-corrected chi connectivity index (χ2v) is 4.71. The lowest BCUT2D eigenvalue weighted by molar-refractivity contribution is 1.15. The molecule has 0 saturated heterocycles. The molecule has 90 valence electrons. The summed E-state index contributed by atoms with van der Waals surface area (Å²) in [4.78, 5) is 4.42. The van der Waals surface area contributed by atoms with Gasteiger partial charge >= 0.3 is 0 Å². The minimum Gasteiger partial charge on any atom is -0.278 e. The van der Waals surface area contributed by atoms with Crippen molar-refractivity contribution >= 4 is 23.8 Å². The number of thiol groups is 1. The highest BCUT2D eigenvalue weighted by Crippen LogP contribution is 2.31. The first-order valence-corrected chi connectivity index (χ1v) is 6.45. The van der Waals surface area contributed by atoms with Gasteiger partial charge in [0, 0.05) is 17.8 Å². The Morgan fingerprint density at radius 1 is 1.17 bits per heavy atom. The average Bonchev–Trinajstić information content (AvgIpc) is 2.77. The fourth-order valence-electron chi connectivity index (χ4n) is 2.34. The van der Waals surface area contributed by atoms with Crippen LogP contribution in [0.5, 0.6) is 0 Å². The number of aromatic nitrogens is 2. The van der Waals surface area contributed by atoms with E-state index in [-0.39, 0.29) is 0 Å². The minimum absolute atomic E-state index is 0.927. The van der Waals surface area contributed by atoms with Crippen LogP contribution in [0.15, 0.2) is 48.8 Å². The molecule has 0 saturated carbocycles. The van der Waals surface area contributed by atoms with E-state index in [0.717, 1.165) is 12.1 Å². The minimum atomic E-state index is 0.927. The third-order valence-electron chi connectivity index (χ3n) is 3.21. The van der Waals surface area contributed by atoms with E-state index in [1.807, 2.05) is 18.5 Å². The Balaban J connectivity index is 2.36. The first-order chi connectivity index (χ1) is 8.81. The Bertz CT molecular complexity index is 686. The molecule has 2 nitrogen and oxygen atoms in total. The molecule has 2 heterocycles. The van der Waals surface area contributed by atoms with Gasteiger partial charge in [-0.15, -0.1) is 0 Å². The molecule has 0 fully saturated rings. The van der Waals surface area contributed by atoms with Gasteiger partial charge in [-0.1, -0.05) is 50.1 Å². The summed E-state index contributed by atoms with van der Waals surface area (Å²) in [6.45, 7) is 2.16. The summed E-state index contributed by atoms with van der Waals surface area (Å²) < 4.78 is 1.81. The van der Waals surface area contributed by atoms with Gasteiger partial charge in [-0.25, -0.2) is 4.98 Å². The maximum Gasteiger partial charge on any atom is 0.150 e. The van der Waals surface area contributed by atoms with Crippen molar-refractivity contribution in [2.24, 2.45) is 0 Å². The molecule has 0 aliphatic rings. The first kappa shape index (κ1) is 11.4. The van der Waals surface area contributed by atoms with Crippen LogP contribution in [0.3, 0.4) is 0 Å². The van der Waals surface area contributed by atoms with Gasteiger partial charge in [-0.3, -0.25) is 3.97 Å². The van der Waals surface area contributed by atoms with Crippen LogP contribution in [-0.4, -0.2) is 8.96 Å². The predicted octanol–water partition coefficient (Wildman–Crippen LogP) is 3.96. The number of nitrogens with zero attached hydrogens (tertiary/aromatic N) is 2. The van der Waals surface area contributed by atoms with Crippen LogP contribution in [0.4, 0.5) is 0 Å². The lowest BCUT2D eigenvalue weighted by atomic mass is 10.0. The highest BCUT2D eigenvalue weighted by molar-refractivity contribution is 7.78. The summed E-state index contributed by atoms with van der Waals surface area (Å²) in [5.74, 6) is 0. The second-order valence-electron chi connectivity index (χ2n) is 4.28. The maximum absolute atomic E-state index is 4.44. The van der Waals surface area contributed by atoms with E-state index in [4.69, 9.17) is 0 Å². The lowest BCUT2D eigenvalue weighted by Gasteiger charge is -2.05. The van der Waals surface area contributed by atoms with E-state index < -0.39 is 0 Å². The van der Waals surface area contributed by atoms with Crippen LogP contribution >= 0.6 is 12.8 Å². The molecule has 0 spiro atoms. The molecule has 2 aromatic heterocycles. The van der Waals surface area contributed by atoms with Gasteiger partial charge in [0.05, 0.1) is 0 Å². The van der Waals surface area contributed by atoms with Crippen molar-refractivity contribution < 1.29 is 0 Å². The molecule has 0 amide bonds. The molecule has 3 rings (SSSR count). The summed E-state index contributed by atoms with van der Waals surface area (Å²) in [7, 11) is 0. The SMILES string of the molecule is CCc1cn(S)c2nccc(-c3ccccc3)c12. The number of hydrogen-bond acceptors (Lipinski definition) is 2. The fourth-order valence-corrected chi connectivity index (χ4v) is 2.63. The lowest BCUT2D eigenvalue weighted by Crippen LogP contribution is -1.86. The molecule has 1 aromatic carbocycles. The summed E-state index contributed by atoms with van der Waals surface area (Å²) in [6, 6.07) is 12.5. The van der Waals surface area contributed by atoms with E-state index in [1.54, 1.807) is 3.97 Å². The highest BCUT2D eigenvalue weighted by Gasteiger charge is 2.12. The van der Waals surface area contributed by atoms with Crippen molar-refractivity contribution in [2.45, 2.75) is 13.3 Å². The zero-order valence-corrected chi connectivity index (χ0v) is 11.1. The molecule has 3 aromatic rings. The largest absolute Gasteiger partial charge is 0.278 e. The Morgan fingerprint density at radius 3 is 2.67 bits per heavy atom. The van der Waals surface area contributed by atoms with Gasteiger partial charge in [0.25, 0.3) is 0 Å². The zero-order chi connectivity index (χ0) is 12.5. The van der Waals surface area contributed by atoms with Crippen molar-refractivity contribution in [3.8, 4) is 11.1 Å². The number of pyridine rings is 1. The van der Waals surface area contributed by atoms with Crippen LogP contribution < -0.4 is 0 Å². The molecular weight excluding hydrogens is 240 g/mol. The number of aryl methyl sites for hydroxylation is 1. The Hall–Kier alpha value is -1.74. The first-order valence-electron chi connectivity index (χ1n) is 6.05. The number of benzene rings is 1. The van der Waals surface area contributed by atoms with Crippen LogP contribution in [0.25, 0.3) is 22.2 Å². The van der Waals surface area contributed by atoms with E-state index in [1.165, 1.54) is 22.1 Å². The van der Waals surface area contributed by atoms with Gasteiger partial charge in [-0.2, -0.15) is 0 Å². The zero-order valence-electron chi connectivity index (χ0n) is 10.2. The number of rotatable bonds is 2. The van der Waals surface area contributed by atoms with E-state index >= 15 is 0 Å². The van der Waals surface area contributed by atoms with Crippen molar-refractivity contribution in [1.29, 1.82) is 0 Å². The van der Waals surface area contributed by atoms with Gasteiger partial charge in [0.15, 0.2) is 5.65 Å². The molecule has 0 N–H and O–H groups in total. The molecular formula is C15H14N2S. The molecule has 0 bridgehead atoms. The summed E-state index contributed by atoms with van der Waals surface area (Å²) in [5, 5.41) is 1.21. The van der Waals surface area contributed by atoms with Crippen LogP contribution in [0.1, 0.15) is 12.5 Å². The summed E-state index contributed by atoms with van der Waals surface area (Å²) >= 11 is 4.44. The standard InChI is InChI=1S/C15H14N2S/c1-2-11-10-17(18)15-14(11)13(8-9-16-15)12-6-4-3-5-7-12/h3-10,18H,2H2,1H3. The third kappa shape index (κ3) is 1.71. The number of fused-ring (bicyclic) bond motifs is 1. The third-order valence-corrected chi connectivity index (χ3v) is 3.52. The van der Waals surface area contributed by atoms with E-state index in [2.05, 4.69) is 55.1 Å². The fraction of sp³-hybridized carbons (Fsp3) is 0.133. The van der Waals surface area contributed by atoms with Crippen LogP contribution in [0.2, 0.25) is 0 Å². The maximum atomic E-state index is 4.44. The predicted molar refractivity (Wildman–Crippen MR) is 78.9 cm³/mol. The molecule has 0 atom stereocenters. The Morgan fingerprint density at radius 2 is 1.94 bits per heavy atom. The molecule has 18 heavy (non-hydrogen) atoms. The van der Waals surface area contributed by atoms with Crippen molar-refractivity contribution in [2.75, 3.05) is 0 Å². The average molecular weight is 254 g/mol.